The number of carboxylic acids is 1. The van der Waals surface area contributed by atoms with Crippen molar-refractivity contribution in [2.75, 3.05) is 12.5 Å². The normalized spacial score (nSPS) is 12.4. The fraction of sp³-hybridized carbons (Fsp3) is 0.417. The van der Waals surface area contributed by atoms with Crippen LogP contribution in [0.3, 0.4) is 0 Å². The monoisotopic (exact) mass is 271 g/mol. The first-order valence-corrected chi connectivity index (χ1v) is 7.72. The third-order valence-electron chi connectivity index (χ3n) is 2.51. The summed E-state index contributed by atoms with van der Waals surface area (Å²) in [5, 5.41) is 8.65. The topological polar surface area (TPSA) is 63.3 Å². The van der Waals surface area contributed by atoms with Crippen molar-refractivity contribution < 1.29 is 9.90 Å². The van der Waals surface area contributed by atoms with Gasteiger partial charge in [0.05, 0.1) is 0 Å². The zero-order valence-corrected chi connectivity index (χ0v) is 11.6. The van der Waals surface area contributed by atoms with Crippen LogP contribution in [-0.2, 0) is 4.79 Å². The molecule has 1 atom stereocenters. The van der Waals surface area contributed by atoms with E-state index < -0.39 is 5.97 Å². The van der Waals surface area contributed by atoms with Crippen molar-refractivity contribution >= 4 is 29.5 Å². The van der Waals surface area contributed by atoms with Crippen molar-refractivity contribution in [3.8, 4) is 0 Å². The van der Waals surface area contributed by atoms with Crippen LogP contribution >= 0.6 is 23.5 Å². The van der Waals surface area contributed by atoms with Crippen molar-refractivity contribution in [2.24, 2.45) is 5.73 Å². The molecule has 0 aliphatic heterocycles. The van der Waals surface area contributed by atoms with E-state index in [4.69, 9.17) is 10.8 Å². The Morgan fingerprint density at radius 1 is 1.41 bits per heavy atom. The van der Waals surface area contributed by atoms with E-state index >= 15 is 0 Å². The van der Waals surface area contributed by atoms with E-state index in [-0.39, 0.29) is 12.5 Å². The third kappa shape index (κ3) is 4.26. The molecular weight excluding hydrogens is 254 g/mol. The molecule has 0 aromatic heterocycles. The summed E-state index contributed by atoms with van der Waals surface area (Å²) < 4.78 is 0. The van der Waals surface area contributed by atoms with E-state index in [1.165, 1.54) is 4.90 Å². The summed E-state index contributed by atoms with van der Waals surface area (Å²) in [6, 6.07) is 5.93. The molecule has 17 heavy (non-hydrogen) atoms. The zero-order valence-electron chi connectivity index (χ0n) is 9.97. The number of hydrogen-bond acceptors (Lipinski definition) is 4. The van der Waals surface area contributed by atoms with Crippen LogP contribution in [0.1, 0.15) is 24.4 Å². The minimum atomic E-state index is -0.799. The average molecular weight is 271 g/mol. The second kappa shape index (κ2) is 6.93. The highest BCUT2D eigenvalue weighted by Gasteiger charge is 2.12. The van der Waals surface area contributed by atoms with Crippen LogP contribution < -0.4 is 5.73 Å². The fourth-order valence-electron chi connectivity index (χ4n) is 1.56. The smallest absolute Gasteiger partial charge is 0.303 e. The van der Waals surface area contributed by atoms with E-state index in [0.717, 1.165) is 10.5 Å². The molecule has 1 aromatic rings. The van der Waals surface area contributed by atoms with Gasteiger partial charge in [0.25, 0.3) is 0 Å². The highest BCUT2D eigenvalue weighted by atomic mass is 32.2. The number of benzene rings is 1. The molecule has 0 amide bonds. The highest BCUT2D eigenvalue weighted by Crippen LogP contribution is 2.30. The molecule has 3 N–H and O–H groups in total. The van der Waals surface area contributed by atoms with Crippen LogP contribution in [0, 0.1) is 0 Å². The lowest BCUT2D eigenvalue weighted by molar-refractivity contribution is -0.137. The lowest BCUT2D eigenvalue weighted by Gasteiger charge is -2.15. The molecule has 0 fully saturated rings. The Bertz CT molecular complexity index is 396. The number of nitrogens with two attached hydrogens (primary N) is 1. The molecular formula is C12H17NO2S2. The maximum atomic E-state index is 10.5. The van der Waals surface area contributed by atoms with Crippen molar-refractivity contribution in [2.45, 2.75) is 28.7 Å². The first-order chi connectivity index (χ1) is 8.08. The molecule has 94 valence electrons. The van der Waals surface area contributed by atoms with Gasteiger partial charge in [0.2, 0.25) is 0 Å². The Morgan fingerprint density at radius 3 is 2.65 bits per heavy atom. The highest BCUT2D eigenvalue weighted by molar-refractivity contribution is 7.99. The average Bonchev–Trinajstić information content (AvgIpc) is 2.34. The molecule has 3 nitrogen and oxygen atoms in total. The predicted molar refractivity (Wildman–Crippen MR) is 73.8 cm³/mol. The molecule has 0 aliphatic carbocycles. The Kier molecular flexibility index (Phi) is 5.88. The summed E-state index contributed by atoms with van der Waals surface area (Å²) in [6.07, 6.45) is 4.62. The molecule has 0 bridgehead atoms. The van der Waals surface area contributed by atoms with Gasteiger partial charge in [0.1, 0.15) is 0 Å². The van der Waals surface area contributed by atoms with Gasteiger partial charge in [-0.3, -0.25) is 4.79 Å². The van der Waals surface area contributed by atoms with Crippen molar-refractivity contribution in [1.82, 2.24) is 0 Å². The van der Waals surface area contributed by atoms with Gasteiger partial charge >= 0.3 is 5.97 Å². The number of carboxylic acid groups (broad SMARTS) is 1. The van der Waals surface area contributed by atoms with Gasteiger partial charge in [-0.05, 0) is 36.6 Å². The molecule has 0 heterocycles. The number of hydrogen-bond donors (Lipinski definition) is 2. The van der Waals surface area contributed by atoms with E-state index in [9.17, 15) is 4.79 Å². The van der Waals surface area contributed by atoms with Crippen molar-refractivity contribution in [3.05, 3.63) is 23.8 Å². The molecule has 0 radical (unpaired) electrons. The quantitative estimate of drug-likeness (QED) is 0.779. The van der Waals surface area contributed by atoms with Gasteiger partial charge in [0, 0.05) is 22.3 Å². The molecule has 0 saturated heterocycles. The molecule has 1 unspecified atom stereocenters. The first kappa shape index (κ1) is 14.4. The summed E-state index contributed by atoms with van der Waals surface area (Å²) in [5.74, 6) is -0.799. The molecule has 0 saturated carbocycles. The standard InChI is InChI=1S/C12H17NO2S2/c1-16-8-3-4-9(11(7-8)17-2)10(13)5-6-12(14)15/h3-4,7,10H,5-6,13H2,1-2H3,(H,14,15). The fourth-order valence-corrected chi connectivity index (χ4v) is 2.77. The maximum Gasteiger partial charge on any atom is 0.303 e. The van der Waals surface area contributed by atoms with E-state index in [0.29, 0.717) is 6.42 Å². The maximum absolute atomic E-state index is 10.5. The minimum Gasteiger partial charge on any atom is -0.481 e. The Balaban J connectivity index is 2.84. The van der Waals surface area contributed by atoms with Gasteiger partial charge in [-0.2, -0.15) is 0 Å². The van der Waals surface area contributed by atoms with Crippen LogP contribution in [0.5, 0.6) is 0 Å². The van der Waals surface area contributed by atoms with Gasteiger partial charge in [0.15, 0.2) is 0 Å². The predicted octanol–water partition coefficient (Wildman–Crippen LogP) is 3.00. The molecule has 1 aromatic carbocycles. The molecule has 0 aliphatic rings. The second-order valence-corrected chi connectivity index (χ2v) is 5.37. The lowest BCUT2D eigenvalue weighted by Crippen LogP contribution is -2.13. The first-order valence-electron chi connectivity index (χ1n) is 5.27. The summed E-state index contributed by atoms with van der Waals surface area (Å²) in [7, 11) is 0. The van der Waals surface area contributed by atoms with Crippen molar-refractivity contribution in [1.29, 1.82) is 0 Å². The summed E-state index contributed by atoms with van der Waals surface area (Å²) in [4.78, 5) is 12.9. The number of carbonyl (C=O) groups is 1. The molecule has 0 spiro atoms. The Morgan fingerprint density at radius 2 is 2.12 bits per heavy atom. The number of aliphatic carboxylic acids is 1. The minimum absolute atomic E-state index is 0.110. The van der Waals surface area contributed by atoms with Gasteiger partial charge in [-0.1, -0.05) is 6.07 Å². The van der Waals surface area contributed by atoms with Gasteiger partial charge in [-0.25, -0.2) is 0 Å². The SMILES string of the molecule is CSc1ccc(C(N)CCC(=O)O)c(SC)c1. The van der Waals surface area contributed by atoms with Gasteiger partial charge in [-0.15, -0.1) is 23.5 Å². The third-order valence-corrected chi connectivity index (χ3v) is 4.03. The van der Waals surface area contributed by atoms with Crippen LogP contribution in [0.4, 0.5) is 0 Å². The largest absolute Gasteiger partial charge is 0.481 e. The summed E-state index contributed by atoms with van der Waals surface area (Å²) >= 11 is 3.34. The Hall–Kier alpha value is -0.650. The molecule has 5 heteroatoms. The van der Waals surface area contributed by atoms with E-state index in [2.05, 4.69) is 6.07 Å². The van der Waals surface area contributed by atoms with E-state index in [1.54, 1.807) is 23.5 Å². The molecule has 1 rings (SSSR count). The van der Waals surface area contributed by atoms with Crippen LogP contribution in [0.15, 0.2) is 28.0 Å². The Labute approximate surface area is 110 Å². The summed E-state index contributed by atoms with van der Waals surface area (Å²) in [5.41, 5.74) is 7.07. The summed E-state index contributed by atoms with van der Waals surface area (Å²) in [6.45, 7) is 0. The van der Waals surface area contributed by atoms with Gasteiger partial charge < -0.3 is 10.8 Å². The van der Waals surface area contributed by atoms with E-state index in [1.807, 2.05) is 24.6 Å². The zero-order chi connectivity index (χ0) is 12.8. The van der Waals surface area contributed by atoms with Crippen LogP contribution in [0.25, 0.3) is 0 Å². The second-order valence-electron chi connectivity index (χ2n) is 3.65. The van der Waals surface area contributed by atoms with Crippen molar-refractivity contribution in [3.63, 3.8) is 0 Å². The van der Waals surface area contributed by atoms with Crippen LogP contribution in [0.2, 0.25) is 0 Å². The lowest BCUT2D eigenvalue weighted by atomic mass is 10.0. The number of rotatable bonds is 6. The number of thioether (sulfide) groups is 2. The van der Waals surface area contributed by atoms with Crippen LogP contribution in [-0.4, -0.2) is 23.6 Å².